The van der Waals surface area contributed by atoms with Crippen molar-refractivity contribution in [3.8, 4) is 0 Å². The summed E-state index contributed by atoms with van der Waals surface area (Å²) in [6.45, 7) is 7.33. The molecule has 1 atom stereocenters. The zero-order valence-electron chi connectivity index (χ0n) is 20.5. The summed E-state index contributed by atoms with van der Waals surface area (Å²) in [5.41, 5.74) is 11.7. The van der Waals surface area contributed by atoms with Gasteiger partial charge in [-0.05, 0) is 34.7 Å². The summed E-state index contributed by atoms with van der Waals surface area (Å²) in [5.74, 6) is 0. The van der Waals surface area contributed by atoms with Crippen LogP contribution in [0.2, 0.25) is 13.1 Å². The van der Waals surface area contributed by atoms with Crippen molar-refractivity contribution in [1.82, 2.24) is 0 Å². The first-order chi connectivity index (χ1) is 17.1. The van der Waals surface area contributed by atoms with Crippen molar-refractivity contribution in [2.24, 2.45) is 0 Å². The Morgan fingerprint density at radius 2 is 1.54 bits per heavy atom. The van der Waals surface area contributed by atoms with Gasteiger partial charge in [-0.2, -0.15) is 0 Å². The number of anilines is 4. The Morgan fingerprint density at radius 3 is 2.40 bits per heavy atom. The van der Waals surface area contributed by atoms with Crippen LogP contribution in [0.1, 0.15) is 5.56 Å². The first-order valence-electron chi connectivity index (χ1n) is 12.8. The zero-order chi connectivity index (χ0) is 23.5. The van der Waals surface area contributed by atoms with E-state index < -0.39 is 8.07 Å². The Kier molecular flexibility index (Phi) is 3.74. The largest absolute Gasteiger partial charge is 0.369 e. The molecule has 4 aliphatic rings. The lowest BCUT2D eigenvalue weighted by Crippen LogP contribution is -2.79. The van der Waals surface area contributed by atoms with E-state index in [0.717, 1.165) is 13.1 Å². The third-order valence-corrected chi connectivity index (χ3v) is 12.6. The predicted octanol–water partition coefficient (Wildman–Crippen LogP) is 2.59. The van der Waals surface area contributed by atoms with Gasteiger partial charge in [-0.15, -0.1) is 0 Å². The molecular weight excluding hydrogens is 441 g/mol. The van der Waals surface area contributed by atoms with Crippen molar-refractivity contribution in [3.05, 3.63) is 90.5 Å². The van der Waals surface area contributed by atoms with Gasteiger partial charge in [0.1, 0.15) is 14.2 Å². The van der Waals surface area contributed by atoms with Crippen LogP contribution < -0.4 is 41.5 Å². The second kappa shape index (κ2) is 6.61. The second-order valence-electron chi connectivity index (χ2n) is 11.1. The number of hydrogen-bond donors (Lipinski definition) is 0. The van der Waals surface area contributed by atoms with E-state index in [1.54, 1.807) is 15.8 Å². The van der Waals surface area contributed by atoms with E-state index >= 15 is 0 Å². The monoisotopic (exact) mass is 469 g/mol. The van der Waals surface area contributed by atoms with Gasteiger partial charge in [0.2, 0.25) is 6.71 Å². The topological polar surface area (TPSA) is 9.72 Å². The highest BCUT2D eigenvalue weighted by Gasteiger charge is 2.52. The van der Waals surface area contributed by atoms with E-state index in [9.17, 15) is 0 Å². The van der Waals surface area contributed by atoms with Crippen LogP contribution in [-0.2, 0) is 6.54 Å². The molecule has 0 saturated carbocycles. The van der Waals surface area contributed by atoms with Gasteiger partial charge in [0, 0.05) is 25.0 Å². The van der Waals surface area contributed by atoms with Crippen LogP contribution in [-0.4, -0.2) is 34.5 Å². The smallest absolute Gasteiger partial charge is 0.246 e. The Bertz CT molecular complexity index is 1530. The summed E-state index contributed by atoms with van der Waals surface area (Å²) in [6, 6.07) is 32.3. The summed E-state index contributed by atoms with van der Waals surface area (Å²) >= 11 is 0. The third-order valence-electron chi connectivity index (χ3n) is 8.98. The Labute approximate surface area is 208 Å². The van der Waals surface area contributed by atoms with Crippen molar-refractivity contribution in [1.29, 1.82) is 0 Å². The summed E-state index contributed by atoms with van der Waals surface area (Å²) in [5, 5.41) is 3.22. The maximum atomic E-state index is 2.73. The number of rotatable bonds is 1. The average molecular weight is 469 g/mol. The lowest BCUT2D eigenvalue weighted by molar-refractivity contribution is 0.554. The van der Waals surface area contributed by atoms with Crippen LogP contribution >= 0.6 is 0 Å². The Balaban J connectivity index is 1.49. The summed E-state index contributed by atoms with van der Waals surface area (Å²) < 4.78 is 0. The van der Waals surface area contributed by atoms with Crippen LogP contribution in [0.5, 0.6) is 0 Å². The standard InChI is InChI=1S/C30H28BN3Si/c1-32-19-27-33(21-11-5-4-6-12-21)18-20-10-9-14-23-29(20)34(27)30-24(32)16-17-26-28(30)31(23)22-13-7-8-15-25(22)35(26,2)3/h4-17,27H,18-19H2,1-3H3. The SMILES string of the molecule is CN1CC2N(c3ccccc3)Cc3cccc4c3N2c2c1ccc1c2B4c2ccccc2[Si]1(C)C. The molecule has 4 aromatic rings. The fourth-order valence-corrected chi connectivity index (χ4v) is 10.6. The summed E-state index contributed by atoms with van der Waals surface area (Å²) in [4.78, 5) is 7.84. The van der Waals surface area contributed by atoms with Gasteiger partial charge in [0.15, 0.2) is 0 Å². The molecule has 0 spiro atoms. The minimum Gasteiger partial charge on any atom is -0.369 e. The van der Waals surface area contributed by atoms with Gasteiger partial charge in [0.05, 0.1) is 17.9 Å². The van der Waals surface area contributed by atoms with Gasteiger partial charge < -0.3 is 14.7 Å². The molecule has 0 bridgehead atoms. The zero-order valence-corrected chi connectivity index (χ0v) is 21.5. The normalized spacial score (nSPS) is 19.9. The van der Waals surface area contributed by atoms with E-state index in [-0.39, 0.29) is 6.17 Å². The maximum Gasteiger partial charge on any atom is 0.246 e. The molecule has 170 valence electrons. The minimum absolute atomic E-state index is 0.276. The van der Waals surface area contributed by atoms with E-state index in [1.165, 1.54) is 39.2 Å². The first kappa shape index (κ1) is 19.8. The van der Waals surface area contributed by atoms with Gasteiger partial charge in [-0.25, -0.2) is 0 Å². The molecule has 0 radical (unpaired) electrons. The van der Waals surface area contributed by atoms with Crippen molar-refractivity contribution in [2.75, 3.05) is 28.3 Å². The fourth-order valence-electron chi connectivity index (χ4n) is 7.45. The van der Waals surface area contributed by atoms with Gasteiger partial charge in [0.25, 0.3) is 0 Å². The molecular formula is C30H28BN3Si. The van der Waals surface area contributed by atoms with Gasteiger partial charge in [-0.1, -0.05) is 95.7 Å². The van der Waals surface area contributed by atoms with Crippen molar-refractivity contribution < 1.29 is 0 Å². The summed E-state index contributed by atoms with van der Waals surface area (Å²) in [7, 11) is 0.452. The molecule has 5 heteroatoms. The van der Waals surface area contributed by atoms with Crippen molar-refractivity contribution in [3.63, 3.8) is 0 Å². The first-order valence-corrected chi connectivity index (χ1v) is 15.8. The molecule has 4 aliphatic heterocycles. The van der Waals surface area contributed by atoms with Crippen LogP contribution in [0.15, 0.2) is 84.9 Å². The highest BCUT2D eigenvalue weighted by atomic mass is 28.3. The molecule has 35 heavy (non-hydrogen) atoms. The molecule has 1 unspecified atom stereocenters. The number of para-hydroxylation sites is 2. The lowest BCUT2D eigenvalue weighted by Gasteiger charge is -2.57. The second-order valence-corrected chi connectivity index (χ2v) is 15.4. The maximum absolute atomic E-state index is 2.73. The minimum atomic E-state index is -1.83. The number of fused-ring (bicyclic) bond motifs is 3. The Morgan fingerprint density at radius 1 is 0.771 bits per heavy atom. The fraction of sp³-hybridized carbons (Fsp3) is 0.200. The molecule has 0 N–H and O–H groups in total. The number of likely N-dealkylation sites (N-methyl/N-ethyl adjacent to an activating group) is 1. The molecule has 4 heterocycles. The van der Waals surface area contributed by atoms with Crippen molar-refractivity contribution in [2.45, 2.75) is 25.8 Å². The molecule has 3 nitrogen and oxygen atoms in total. The van der Waals surface area contributed by atoms with Crippen molar-refractivity contribution >= 4 is 64.3 Å². The molecule has 0 saturated heterocycles. The predicted molar refractivity (Wildman–Crippen MR) is 153 cm³/mol. The number of hydrogen-bond acceptors (Lipinski definition) is 3. The van der Waals surface area contributed by atoms with Crippen LogP contribution in [0.3, 0.4) is 0 Å². The van der Waals surface area contributed by atoms with E-state index in [1.807, 2.05) is 0 Å². The van der Waals surface area contributed by atoms with E-state index in [2.05, 4.69) is 120 Å². The lowest BCUT2D eigenvalue weighted by atomic mass is 9.34. The molecule has 0 amide bonds. The van der Waals surface area contributed by atoms with Crippen LogP contribution in [0.25, 0.3) is 0 Å². The Hall–Kier alpha value is -3.44. The van der Waals surface area contributed by atoms with Crippen LogP contribution in [0, 0.1) is 0 Å². The molecule has 0 aliphatic carbocycles. The average Bonchev–Trinajstić information content (AvgIpc) is 2.89. The highest BCUT2D eigenvalue weighted by molar-refractivity contribution is 7.15. The summed E-state index contributed by atoms with van der Waals surface area (Å²) in [6.07, 6.45) is 0.276. The molecule has 0 aromatic heterocycles. The third kappa shape index (κ3) is 2.37. The molecule has 4 aromatic carbocycles. The molecule has 0 fully saturated rings. The number of benzene rings is 4. The van der Waals surface area contributed by atoms with Gasteiger partial charge in [-0.3, -0.25) is 0 Å². The van der Waals surface area contributed by atoms with Gasteiger partial charge >= 0.3 is 0 Å². The quantitative estimate of drug-likeness (QED) is 0.397. The van der Waals surface area contributed by atoms with E-state index in [0.29, 0.717) is 6.71 Å². The molecule has 8 rings (SSSR count). The van der Waals surface area contributed by atoms with E-state index in [4.69, 9.17) is 0 Å². The number of nitrogens with zero attached hydrogens (tertiary/aromatic N) is 3. The highest BCUT2D eigenvalue weighted by Crippen LogP contribution is 2.46. The van der Waals surface area contributed by atoms with Crippen LogP contribution in [0.4, 0.5) is 22.7 Å².